The van der Waals surface area contributed by atoms with Crippen molar-refractivity contribution >= 4 is 5.78 Å². The van der Waals surface area contributed by atoms with Gasteiger partial charge in [-0.1, -0.05) is 13.8 Å². The maximum atomic E-state index is 13.5. The zero-order valence-corrected chi connectivity index (χ0v) is 17.7. The zero-order valence-electron chi connectivity index (χ0n) is 17.7. The van der Waals surface area contributed by atoms with Crippen LogP contribution in [0.1, 0.15) is 65.2 Å². The Morgan fingerprint density at radius 3 is 2.17 bits per heavy atom. The molecule has 6 heteroatoms. The fraction of sp³-hybridized carbons (Fsp3) is 0.957. The van der Waals surface area contributed by atoms with E-state index in [1.807, 2.05) is 0 Å². The van der Waals surface area contributed by atoms with Gasteiger partial charge in [0.2, 0.25) is 0 Å². The summed E-state index contributed by atoms with van der Waals surface area (Å²) in [6, 6.07) is 0. The number of ether oxygens (including phenoxy) is 4. The fourth-order valence-electron chi connectivity index (χ4n) is 8.62. The predicted octanol–water partition coefficient (Wildman–Crippen LogP) is 2.81. The lowest BCUT2D eigenvalue weighted by Gasteiger charge is -2.64. The minimum Gasteiger partial charge on any atom is -0.381 e. The third-order valence-electron chi connectivity index (χ3n) is 10.2. The second-order valence-electron chi connectivity index (χ2n) is 11.0. The Labute approximate surface area is 172 Å². The number of carbonyl (C=O) groups is 1. The number of hydrogen-bond donors (Lipinski definition) is 1. The highest BCUT2D eigenvalue weighted by Gasteiger charge is 2.72. The van der Waals surface area contributed by atoms with Crippen LogP contribution in [0.4, 0.5) is 0 Å². The molecule has 0 aromatic rings. The highest BCUT2D eigenvalue weighted by atomic mass is 16.7. The molecule has 0 amide bonds. The number of ketones is 1. The normalized spacial score (nSPS) is 52.5. The van der Waals surface area contributed by atoms with Crippen LogP contribution >= 0.6 is 0 Å². The first-order valence-electron chi connectivity index (χ1n) is 11.6. The molecule has 162 valence electrons. The average molecular weight is 407 g/mol. The molecule has 0 aromatic carbocycles. The number of rotatable bonds is 0. The van der Waals surface area contributed by atoms with E-state index in [0.717, 1.165) is 38.5 Å². The summed E-state index contributed by atoms with van der Waals surface area (Å²) in [6.07, 6.45) is 6.33. The van der Waals surface area contributed by atoms with Crippen molar-refractivity contribution in [1.29, 1.82) is 0 Å². The third kappa shape index (κ3) is 2.18. The van der Waals surface area contributed by atoms with E-state index in [9.17, 15) is 9.90 Å². The van der Waals surface area contributed by atoms with Crippen LogP contribution in [0.3, 0.4) is 0 Å². The molecule has 0 unspecified atom stereocenters. The summed E-state index contributed by atoms with van der Waals surface area (Å²) < 4.78 is 24.2. The van der Waals surface area contributed by atoms with Crippen molar-refractivity contribution in [3.63, 3.8) is 0 Å². The van der Waals surface area contributed by atoms with Gasteiger partial charge in [-0.15, -0.1) is 0 Å². The van der Waals surface area contributed by atoms with Gasteiger partial charge in [0.15, 0.2) is 17.4 Å². The van der Waals surface area contributed by atoms with Crippen molar-refractivity contribution in [2.24, 2.45) is 28.6 Å². The summed E-state index contributed by atoms with van der Waals surface area (Å²) in [5, 5.41) is 11.8. The second-order valence-corrected chi connectivity index (χ2v) is 11.0. The highest BCUT2D eigenvalue weighted by molar-refractivity contribution is 5.89. The van der Waals surface area contributed by atoms with Crippen LogP contribution in [0, 0.1) is 28.6 Å². The smallest absolute Gasteiger partial charge is 0.174 e. The monoisotopic (exact) mass is 406 g/mol. The molecule has 29 heavy (non-hydrogen) atoms. The van der Waals surface area contributed by atoms with Gasteiger partial charge in [-0.25, -0.2) is 0 Å². The van der Waals surface area contributed by atoms with Crippen LogP contribution in [0.2, 0.25) is 0 Å². The lowest BCUT2D eigenvalue weighted by atomic mass is 9.43. The Morgan fingerprint density at radius 1 is 0.828 bits per heavy atom. The number of carbonyl (C=O) groups excluding carboxylic acids is 1. The summed E-state index contributed by atoms with van der Waals surface area (Å²) in [6.45, 7) is 6.95. The molecule has 6 atom stereocenters. The summed E-state index contributed by atoms with van der Waals surface area (Å²) in [4.78, 5) is 13.5. The van der Waals surface area contributed by atoms with Gasteiger partial charge in [-0.3, -0.25) is 4.79 Å². The summed E-state index contributed by atoms with van der Waals surface area (Å²) in [5.41, 5.74) is -1.80. The summed E-state index contributed by atoms with van der Waals surface area (Å²) in [7, 11) is 0. The quantitative estimate of drug-likeness (QED) is 0.667. The molecule has 2 heterocycles. The van der Waals surface area contributed by atoms with Crippen molar-refractivity contribution < 1.29 is 28.8 Å². The van der Waals surface area contributed by atoms with E-state index in [-0.39, 0.29) is 17.6 Å². The third-order valence-corrected chi connectivity index (χ3v) is 10.2. The number of fused-ring (bicyclic) bond motifs is 6. The molecule has 4 saturated carbocycles. The molecule has 6 nitrogen and oxygen atoms in total. The molecule has 0 bridgehead atoms. The number of Topliss-reactive ketones (excluding diaryl/α,β-unsaturated/α-hetero) is 1. The van der Waals surface area contributed by atoms with E-state index in [4.69, 9.17) is 18.9 Å². The van der Waals surface area contributed by atoms with Crippen molar-refractivity contribution in [2.75, 3.05) is 26.4 Å². The van der Waals surface area contributed by atoms with Crippen LogP contribution in [0.25, 0.3) is 0 Å². The minimum absolute atomic E-state index is 0.00196. The van der Waals surface area contributed by atoms with Gasteiger partial charge in [-0.05, 0) is 43.4 Å². The lowest BCUT2D eigenvalue weighted by molar-refractivity contribution is -0.281. The average Bonchev–Trinajstić information content (AvgIpc) is 3.40. The topological polar surface area (TPSA) is 74.2 Å². The summed E-state index contributed by atoms with van der Waals surface area (Å²) >= 11 is 0. The van der Waals surface area contributed by atoms with Crippen LogP contribution in [-0.2, 0) is 23.7 Å². The molecule has 2 saturated heterocycles. The largest absolute Gasteiger partial charge is 0.381 e. The summed E-state index contributed by atoms with van der Waals surface area (Å²) in [5.74, 6) is -0.153. The van der Waals surface area contributed by atoms with E-state index < -0.39 is 22.6 Å². The van der Waals surface area contributed by atoms with Crippen LogP contribution in [-0.4, -0.2) is 54.5 Å². The van der Waals surface area contributed by atoms with E-state index >= 15 is 0 Å². The molecule has 6 rings (SSSR count). The first-order valence-corrected chi connectivity index (χ1v) is 11.6. The molecular weight excluding hydrogens is 372 g/mol. The van der Waals surface area contributed by atoms with Crippen molar-refractivity contribution in [3.8, 4) is 0 Å². The van der Waals surface area contributed by atoms with E-state index in [0.29, 0.717) is 50.6 Å². The van der Waals surface area contributed by atoms with Gasteiger partial charge in [0.25, 0.3) is 0 Å². The van der Waals surface area contributed by atoms with Crippen molar-refractivity contribution in [2.45, 2.75) is 82.4 Å². The fourth-order valence-corrected chi connectivity index (χ4v) is 8.62. The molecular formula is C23H34O6. The number of aliphatic hydroxyl groups is 1. The van der Waals surface area contributed by atoms with Gasteiger partial charge in [0.1, 0.15) is 5.60 Å². The standard InChI is InChI=1S/C23H34O6/c1-19-7-8-21(26-9-10-27-21)14-22(19,25)18(24)13-15-16(19)3-5-20(2)17(15)4-6-23(20)28-11-12-29-23/h15-17,25H,3-14H2,1-2H3/t15-,16+,17+,19-,20+,22+/m1/s1. The molecule has 2 spiro atoms. The Hall–Kier alpha value is -0.530. The van der Waals surface area contributed by atoms with E-state index in [1.165, 1.54) is 0 Å². The van der Waals surface area contributed by atoms with Gasteiger partial charge in [-0.2, -0.15) is 0 Å². The van der Waals surface area contributed by atoms with Crippen LogP contribution < -0.4 is 0 Å². The number of hydrogen-bond acceptors (Lipinski definition) is 6. The van der Waals surface area contributed by atoms with Crippen molar-refractivity contribution in [1.82, 2.24) is 0 Å². The Morgan fingerprint density at radius 2 is 1.45 bits per heavy atom. The molecule has 1 N–H and O–H groups in total. The van der Waals surface area contributed by atoms with Crippen molar-refractivity contribution in [3.05, 3.63) is 0 Å². The molecule has 2 aliphatic heterocycles. The molecule has 0 radical (unpaired) electrons. The Bertz CT molecular complexity index is 725. The SMILES string of the molecule is C[C@]12CC[C@H]3[C@@H](CC(=O)[C@@]4(O)CC5(CC[C@]34C)OCCO5)[C@@H]1CCC21OCCO1. The van der Waals surface area contributed by atoms with E-state index in [2.05, 4.69) is 13.8 Å². The zero-order chi connectivity index (χ0) is 20.1. The van der Waals surface area contributed by atoms with Gasteiger partial charge in [0.05, 0.1) is 26.4 Å². The van der Waals surface area contributed by atoms with E-state index in [1.54, 1.807) is 0 Å². The lowest BCUT2D eigenvalue weighted by Crippen LogP contribution is -2.69. The molecule has 6 fully saturated rings. The highest BCUT2D eigenvalue weighted by Crippen LogP contribution is 2.70. The molecule has 0 aromatic heterocycles. The van der Waals surface area contributed by atoms with Gasteiger partial charge >= 0.3 is 0 Å². The maximum absolute atomic E-state index is 13.5. The first-order chi connectivity index (χ1) is 13.8. The predicted molar refractivity (Wildman–Crippen MR) is 103 cm³/mol. The van der Waals surface area contributed by atoms with Crippen LogP contribution in [0.15, 0.2) is 0 Å². The first kappa shape index (κ1) is 19.2. The minimum atomic E-state index is -1.35. The molecule has 6 aliphatic rings. The maximum Gasteiger partial charge on any atom is 0.174 e. The molecule has 4 aliphatic carbocycles. The Kier molecular flexibility index (Phi) is 3.85. The van der Waals surface area contributed by atoms with Gasteiger partial charge < -0.3 is 24.1 Å². The van der Waals surface area contributed by atoms with Crippen LogP contribution in [0.5, 0.6) is 0 Å². The Balaban J connectivity index is 1.35. The van der Waals surface area contributed by atoms with Gasteiger partial charge in [0, 0.05) is 36.5 Å². The second kappa shape index (κ2) is 5.83.